The number of amides is 2. The third-order valence-corrected chi connectivity index (χ3v) is 5.11. The number of hydrogen-bond acceptors (Lipinski definition) is 3. The number of aliphatic hydroxyl groups is 1. The number of carbonyl (C=O) groups excluding carboxylic acids is 2. The van der Waals surface area contributed by atoms with Crippen LogP contribution in [0.2, 0.25) is 0 Å². The molecule has 1 heterocycles. The van der Waals surface area contributed by atoms with Crippen LogP contribution in [0.5, 0.6) is 0 Å². The number of anilines is 1. The minimum absolute atomic E-state index is 0.0246. The van der Waals surface area contributed by atoms with Gasteiger partial charge in [0.1, 0.15) is 17.7 Å². The first-order valence-electron chi connectivity index (χ1n) is 7.95. The van der Waals surface area contributed by atoms with Crippen LogP contribution in [0.1, 0.15) is 39.0 Å². The third-order valence-electron chi connectivity index (χ3n) is 5.11. The van der Waals surface area contributed by atoms with Crippen LogP contribution in [0.15, 0.2) is 18.2 Å². The van der Waals surface area contributed by atoms with Gasteiger partial charge in [0.05, 0.1) is 16.7 Å². The summed E-state index contributed by atoms with van der Waals surface area (Å²) in [5.74, 6) is -2.80. The highest BCUT2D eigenvalue weighted by molar-refractivity contribution is 6.06. The topological polar surface area (TPSA) is 83.6 Å². The zero-order valence-corrected chi connectivity index (χ0v) is 13.4. The van der Waals surface area contributed by atoms with Gasteiger partial charge in [-0.1, -0.05) is 0 Å². The molecule has 7 heteroatoms. The summed E-state index contributed by atoms with van der Waals surface area (Å²) in [5.41, 5.74) is 3.47. The number of nitrogens with zero attached hydrogens (tertiary/aromatic N) is 1. The van der Waals surface area contributed by atoms with Crippen LogP contribution in [0, 0.1) is 17.0 Å². The average molecular weight is 338 g/mol. The highest BCUT2D eigenvalue weighted by Gasteiger charge is 2.57. The van der Waals surface area contributed by atoms with Crippen molar-refractivity contribution in [3.05, 3.63) is 29.8 Å². The monoisotopic (exact) mass is 338 g/mol. The predicted octanol–water partition coefficient (Wildman–Crippen LogP) is 1.87. The Labute approximate surface area is 138 Å². The van der Waals surface area contributed by atoms with Crippen LogP contribution >= 0.6 is 0 Å². The molecule has 3 rings (SSSR count). The van der Waals surface area contributed by atoms with Crippen molar-refractivity contribution in [2.45, 2.75) is 50.7 Å². The maximum absolute atomic E-state index is 13.6. The number of halogens is 2. The standard InChI is InChI=1S/C17H20F2N2O3/c1-16(24)3-2-4-17(9-16)8-13(14(20)22)21(15(17)23)12-6-10(18)5-11(19)7-12/h5-7,13,24H,2-4,8-9H2,1H3,(H2,20,22)/t13?,16-,17+/m0/s1. The van der Waals surface area contributed by atoms with Gasteiger partial charge >= 0.3 is 0 Å². The Bertz CT molecular complexity index is 687. The lowest BCUT2D eigenvalue weighted by molar-refractivity contribution is -0.133. The number of hydrogen-bond donors (Lipinski definition) is 2. The maximum atomic E-state index is 13.6. The van der Waals surface area contributed by atoms with Gasteiger partial charge < -0.3 is 10.8 Å². The van der Waals surface area contributed by atoms with Crippen molar-refractivity contribution in [3.8, 4) is 0 Å². The van der Waals surface area contributed by atoms with Crippen molar-refractivity contribution in [1.82, 2.24) is 0 Å². The smallest absolute Gasteiger partial charge is 0.240 e. The lowest BCUT2D eigenvalue weighted by Gasteiger charge is -2.40. The Hall–Kier alpha value is -2.02. The Morgan fingerprint density at radius 2 is 1.92 bits per heavy atom. The van der Waals surface area contributed by atoms with Crippen molar-refractivity contribution in [3.63, 3.8) is 0 Å². The highest BCUT2D eigenvalue weighted by atomic mass is 19.1. The molecule has 1 spiro atoms. The summed E-state index contributed by atoms with van der Waals surface area (Å²) >= 11 is 0. The molecule has 1 aliphatic carbocycles. The van der Waals surface area contributed by atoms with E-state index in [-0.39, 0.29) is 18.5 Å². The summed E-state index contributed by atoms with van der Waals surface area (Å²) in [6.45, 7) is 1.66. The Balaban J connectivity index is 2.04. The van der Waals surface area contributed by atoms with E-state index in [4.69, 9.17) is 5.73 Å². The summed E-state index contributed by atoms with van der Waals surface area (Å²) in [6.07, 6.45) is 2.07. The van der Waals surface area contributed by atoms with Gasteiger partial charge in [-0.3, -0.25) is 14.5 Å². The van der Waals surface area contributed by atoms with Crippen LogP contribution in [0.25, 0.3) is 0 Å². The average Bonchev–Trinajstić information content (AvgIpc) is 2.70. The second-order valence-corrected chi connectivity index (χ2v) is 7.23. The van der Waals surface area contributed by atoms with Crippen LogP contribution in [0.4, 0.5) is 14.5 Å². The summed E-state index contributed by atoms with van der Waals surface area (Å²) in [5, 5.41) is 10.4. The highest BCUT2D eigenvalue weighted by Crippen LogP contribution is 2.51. The zero-order valence-electron chi connectivity index (χ0n) is 13.4. The van der Waals surface area contributed by atoms with E-state index in [1.165, 1.54) is 0 Å². The minimum Gasteiger partial charge on any atom is -0.390 e. The summed E-state index contributed by atoms with van der Waals surface area (Å²) < 4.78 is 27.1. The van der Waals surface area contributed by atoms with E-state index >= 15 is 0 Å². The van der Waals surface area contributed by atoms with E-state index in [9.17, 15) is 23.5 Å². The molecule has 1 saturated heterocycles. The second kappa shape index (κ2) is 5.51. The van der Waals surface area contributed by atoms with Gasteiger partial charge in [0.15, 0.2) is 0 Å². The molecule has 3 N–H and O–H groups in total. The summed E-state index contributed by atoms with van der Waals surface area (Å²) in [7, 11) is 0. The molecule has 3 atom stereocenters. The van der Waals surface area contributed by atoms with Gasteiger partial charge in [0.2, 0.25) is 11.8 Å². The fourth-order valence-electron chi connectivity index (χ4n) is 4.22. The molecule has 1 aliphatic heterocycles. The fraction of sp³-hybridized carbons (Fsp3) is 0.529. The molecule has 130 valence electrons. The van der Waals surface area contributed by atoms with E-state index in [0.717, 1.165) is 17.0 Å². The number of carbonyl (C=O) groups is 2. The van der Waals surface area contributed by atoms with Crippen molar-refractivity contribution in [2.75, 3.05) is 4.90 Å². The minimum atomic E-state index is -1.01. The summed E-state index contributed by atoms with van der Waals surface area (Å²) in [6, 6.07) is 1.74. The number of rotatable bonds is 2. The molecule has 1 aromatic carbocycles. The van der Waals surface area contributed by atoms with Crippen molar-refractivity contribution >= 4 is 17.5 Å². The number of nitrogens with two attached hydrogens (primary N) is 1. The van der Waals surface area contributed by atoms with Gasteiger partial charge in [-0.15, -0.1) is 0 Å². The van der Waals surface area contributed by atoms with Crippen LogP contribution in [-0.4, -0.2) is 28.6 Å². The first-order chi connectivity index (χ1) is 11.1. The quantitative estimate of drug-likeness (QED) is 0.863. The van der Waals surface area contributed by atoms with E-state index < -0.39 is 40.5 Å². The van der Waals surface area contributed by atoms with Crippen molar-refractivity contribution < 1.29 is 23.5 Å². The van der Waals surface area contributed by atoms with Crippen LogP contribution in [-0.2, 0) is 9.59 Å². The lowest BCUT2D eigenvalue weighted by Crippen LogP contribution is -2.45. The normalized spacial score (nSPS) is 33.2. The first kappa shape index (κ1) is 16.8. The first-order valence-corrected chi connectivity index (χ1v) is 7.95. The van der Waals surface area contributed by atoms with E-state index in [1.54, 1.807) is 6.92 Å². The summed E-state index contributed by atoms with van der Waals surface area (Å²) in [4.78, 5) is 26.0. The molecule has 0 radical (unpaired) electrons. The van der Waals surface area contributed by atoms with E-state index in [2.05, 4.69) is 0 Å². The molecular formula is C17H20F2N2O3. The predicted molar refractivity (Wildman–Crippen MR) is 83.0 cm³/mol. The molecule has 24 heavy (non-hydrogen) atoms. The molecule has 2 amide bonds. The van der Waals surface area contributed by atoms with Gasteiger partial charge in [0.25, 0.3) is 0 Å². The third kappa shape index (κ3) is 2.77. The van der Waals surface area contributed by atoms with Gasteiger partial charge in [-0.2, -0.15) is 0 Å². The molecule has 1 saturated carbocycles. The molecule has 1 unspecified atom stereocenters. The molecule has 0 bridgehead atoms. The van der Waals surface area contributed by atoms with Gasteiger partial charge in [0, 0.05) is 6.07 Å². The van der Waals surface area contributed by atoms with Crippen LogP contribution < -0.4 is 10.6 Å². The molecule has 1 aromatic rings. The molecular weight excluding hydrogens is 318 g/mol. The van der Waals surface area contributed by atoms with E-state index in [1.807, 2.05) is 0 Å². The van der Waals surface area contributed by atoms with E-state index in [0.29, 0.717) is 25.3 Å². The van der Waals surface area contributed by atoms with Gasteiger partial charge in [-0.05, 0) is 51.2 Å². The Morgan fingerprint density at radius 1 is 1.29 bits per heavy atom. The van der Waals surface area contributed by atoms with Crippen LogP contribution in [0.3, 0.4) is 0 Å². The molecule has 0 aromatic heterocycles. The van der Waals surface area contributed by atoms with Crippen molar-refractivity contribution in [2.24, 2.45) is 11.1 Å². The molecule has 5 nitrogen and oxygen atoms in total. The van der Waals surface area contributed by atoms with Gasteiger partial charge in [-0.25, -0.2) is 8.78 Å². The lowest BCUT2D eigenvalue weighted by atomic mass is 9.66. The Kier molecular flexibility index (Phi) is 3.86. The molecule has 2 fully saturated rings. The maximum Gasteiger partial charge on any atom is 0.240 e. The second-order valence-electron chi connectivity index (χ2n) is 7.23. The Morgan fingerprint density at radius 3 is 2.46 bits per heavy atom. The zero-order chi connectivity index (χ0) is 17.7. The number of benzene rings is 1. The SMILES string of the molecule is C[C@]1(O)CCC[C@@]2(CC(C(N)=O)N(c3cc(F)cc(F)c3)C2=O)C1. The van der Waals surface area contributed by atoms with Crippen molar-refractivity contribution in [1.29, 1.82) is 0 Å². The largest absolute Gasteiger partial charge is 0.390 e. The fourth-order valence-corrected chi connectivity index (χ4v) is 4.22. The number of primary amides is 1. The molecule has 2 aliphatic rings.